The van der Waals surface area contributed by atoms with Crippen LogP contribution in [-0.2, 0) is 71.5 Å². The fourth-order valence-electron chi connectivity index (χ4n) is 6.89. The molecule has 0 radical (unpaired) electrons. The molecular formula is C75H122N16O7S5. The smallest absolute Gasteiger partial charge is 0.176 e. The summed E-state index contributed by atoms with van der Waals surface area (Å²) in [5, 5.41) is 16.1. The van der Waals surface area contributed by atoms with Gasteiger partial charge < -0.3 is 30.6 Å². The number of aryl methyl sites for hydroxylation is 11. The highest BCUT2D eigenvalue weighted by atomic mass is 32.2. The third-order valence-corrected chi connectivity index (χ3v) is 19.9. The zero-order valence-corrected chi connectivity index (χ0v) is 69.4. The molecule has 0 aromatic carbocycles. The van der Waals surface area contributed by atoms with Crippen LogP contribution < -0.4 is 11.5 Å². The van der Waals surface area contributed by atoms with Crippen molar-refractivity contribution in [2.75, 3.05) is 62.0 Å². The highest BCUT2D eigenvalue weighted by Crippen LogP contribution is 2.46. The molecule has 1 saturated carbocycles. The number of hydrogen-bond donors (Lipinski definition) is 2. The van der Waals surface area contributed by atoms with Crippen LogP contribution in [0.4, 0.5) is 0 Å². The van der Waals surface area contributed by atoms with Crippen molar-refractivity contribution in [1.29, 1.82) is 0 Å². The van der Waals surface area contributed by atoms with E-state index in [0.29, 0.717) is 36.1 Å². The first kappa shape index (κ1) is 99.3. The van der Waals surface area contributed by atoms with Gasteiger partial charge in [0.25, 0.3) is 0 Å². The van der Waals surface area contributed by atoms with E-state index >= 15 is 0 Å². The number of nitrogens with zero attached hydrogens (tertiary/aromatic N) is 14. The van der Waals surface area contributed by atoms with Gasteiger partial charge in [0.05, 0.1) is 52.8 Å². The first-order valence-corrected chi connectivity index (χ1v) is 40.3. The molecule has 8 aromatic rings. The number of thioether (sulfide) groups is 1. The minimum atomic E-state index is -2.53. The molecule has 0 bridgehead atoms. The normalized spacial score (nSPS) is 14.4. The maximum absolute atomic E-state index is 10.3. The van der Waals surface area contributed by atoms with Crippen molar-refractivity contribution < 1.29 is 31.8 Å². The maximum Gasteiger partial charge on any atom is 0.176 e. The summed E-state index contributed by atoms with van der Waals surface area (Å²) in [5.41, 5.74) is 22.3. The minimum Gasteiger partial charge on any atom is -0.483 e. The Morgan fingerprint density at radius 1 is 0.670 bits per heavy atom. The lowest BCUT2D eigenvalue weighted by Crippen LogP contribution is -2.33. The second-order valence-corrected chi connectivity index (χ2v) is 29.8. The molecular weight excluding hydrogens is 1400 g/mol. The minimum absolute atomic E-state index is 0.255. The van der Waals surface area contributed by atoms with Gasteiger partial charge in [-0.25, -0.2) is 38.3 Å². The van der Waals surface area contributed by atoms with E-state index in [4.69, 9.17) is 11.5 Å². The topological polar surface area (TPSA) is 312 Å². The number of ether oxygens (including phenoxy) is 2. The van der Waals surface area contributed by atoms with Crippen LogP contribution in [0.15, 0.2) is 156 Å². The Bertz CT molecular complexity index is 3350. The fraction of sp³-hybridized carbons (Fsp3) is 0.507. The Hall–Kier alpha value is -7.92. The van der Waals surface area contributed by atoms with E-state index in [1.54, 1.807) is 66.8 Å². The molecule has 11 heterocycles. The van der Waals surface area contributed by atoms with Gasteiger partial charge in [-0.15, -0.1) is 27.8 Å². The summed E-state index contributed by atoms with van der Waals surface area (Å²) in [6.45, 7) is 43.8. The highest BCUT2D eigenvalue weighted by molar-refractivity contribution is 8.00. The molecule has 0 amide bonds. The first-order valence-electron chi connectivity index (χ1n) is 34.0. The number of rotatable bonds is 10. The number of oxime groups is 2. The zero-order chi connectivity index (χ0) is 78.3. The predicted molar refractivity (Wildman–Crippen MR) is 433 cm³/mol. The molecule has 3 saturated heterocycles. The Balaban J connectivity index is -0.00000104. The molecule has 0 unspecified atom stereocenters. The van der Waals surface area contributed by atoms with Gasteiger partial charge in [0, 0.05) is 137 Å². The van der Waals surface area contributed by atoms with Gasteiger partial charge in [0.2, 0.25) is 0 Å². The van der Waals surface area contributed by atoms with Crippen LogP contribution in [0.2, 0.25) is 0 Å². The number of thiazole rings is 2. The Morgan fingerprint density at radius 3 is 1.41 bits per heavy atom. The van der Waals surface area contributed by atoms with Crippen LogP contribution in [0.3, 0.4) is 0 Å². The van der Waals surface area contributed by atoms with Gasteiger partial charge in [-0.3, -0.25) is 28.8 Å². The van der Waals surface area contributed by atoms with E-state index in [1.165, 1.54) is 62.0 Å². The third-order valence-electron chi connectivity index (χ3n) is 12.7. The van der Waals surface area contributed by atoms with Crippen LogP contribution in [0.5, 0.6) is 0 Å². The maximum atomic E-state index is 10.3. The summed E-state index contributed by atoms with van der Waals surface area (Å²) in [4.78, 5) is 48.9. The lowest BCUT2D eigenvalue weighted by Gasteiger charge is -2.20. The first-order chi connectivity index (χ1) is 48.9. The van der Waals surface area contributed by atoms with Crippen molar-refractivity contribution in [2.45, 2.75) is 162 Å². The Kier molecular flexibility index (Phi) is 61.4. The van der Waals surface area contributed by atoms with E-state index in [2.05, 4.69) is 162 Å². The molecule has 4 aliphatic rings. The fourth-order valence-corrected chi connectivity index (χ4v) is 11.6. The summed E-state index contributed by atoms with van der Waals surface area (Å²) in [7, 11) is 1.99. The van der Waals surface area contributed by atoms with Crippen molar-refractivity contribution in [3.63, 3.8) is 0 Å². The number of pyridine rings is 2. The van der Waals surface area contributed by atoms with Crippen LogP contribution >= 0.6 is 34.4 Å². The molecule has 8 aromatic heterocycles. The van der Waals surface area contributed by atoms with E-state index in [9.17, 15) is 12.6 Å². The average molecular weight is 1520 g/mol. The number of aromatic nitrogens is 12. The van der Waals surface area contributed by atoms with Gasteiger partial charge in [0.1, 0.15) is 25.9 Å². The second kappa shape index (κ2) is 63.7. The SMILES string of the molecule is C=C(N)OC.C=C(N)OCC.CC1(c2ccccn2)CC1.CC1CS(=O)(=O)C1.CC1CS(=O)C1.CC1CSC1.CC=NOC.CC=NOCC.CCc1ccccn1.CCc1ccnn1C.CCc1cscn1.Cc1cnc(C)cn1.Cc1cnc(C)nc1.Cc1cncnc1.Cc1csc(C)n1. The standard InChI is InChI=1S/C9H11N.C7H9N.2C6H8N2.C6H10N2.C5H6N2.2C5H7NS.2C4H9NO.C4H8O2S.C4H8OS.C4H8S.2C3H7NO/c1-9(5-6-9)8-4-2-3-7-10-8;1-2-7-5-3-4-6-8-7;1-5-3-8-6(2)4-7-5;1-5-3-7-6(2)8-4-5;1-3-6-4-5-7-8(6)2;1-5-2-6-4-7-3-5;1-4-3-7-5(2)6-4;1-2-5-3-7-4-6-5;1-3-6-4(2)5;1-3-5-6-4-2;1-4-2-7(5,6)3-4;1-4-2-6(5)3-4;1-4-2-5-3-4;1-3-4-5-2;1-3(4)5-2/h2-4,7H,5-6H2,1H3;3-6H,2H2,1H3;2*3-4H,1-2H3;4-5H,3H2,1-2H3;2-4H,1H3;3H,1-2H3;3-4H,2H2,1H3;2-3,5H2,1H3;3H,4H2,1-2H3;4H,2-3H2,1H3;4H,2-3H2,1H3;4H,2-3H2,1H3;3H,1-2H3;1,4H2,2H3. The lowest BCUT2D eigenvalue weighted by atomic mass is 10.1. The van der Waals surface area contributed by atoms with Gasteiger partial charge in [0.15, 0.2) is 21.6 Å². The largest absolute Gasteiger partial charge is 0.483 e. The number of hydrogen-bond acceptors (Lipinski definition) is 25. The van der Waals surface area contributed by atoms with Gasteiger partial charge in [-0.2, -0.15) is 16.9 Å². The highest BCUT2D eigenvalue weighted by Gasteiger charge is 2.40. The average Bonchev–Trinajstić information content (AvgIpc) is 1.66. The Labute approximate surface area is 633 Å². The molecule has 574 valence electrons. The molecule has 0 atom stereocenters. The lowest BCUT2D eigenvalue weighted by molar-refractivity contribution is 0.160. The predicted octanol–water partition coefficient (Wildman–Crippen LogP) is 15.2. The summed E-state index contributed by atoms with van der Waals surface area (Å²) in [6, 6.07) is 14.1. The monoisotopic (exact) mass is 1520 g/mol. The molecule has 4 fully saturated rings. The van der Waals surface area contributed by atoms with Crippen LogP contribution in [0.25, 0.3) is 0 Å². The molecule has 4 N–H and O–H groups in total. The zero-order valence-electron chi connectivity index (χ0n) is 65.4. The summed E-state index contributed by atoms with van der Waals surface area (Å²) >= 11 is 5.39. The summed E-state index contributed by atoms with van der Waals surface area (Å²) in [5.74, 6) is 9.08. The molecule has 28 heteroatoms. The van der Waals surface area contributed by atoms with Crippen molar-refractivity contribution in [3.8, 4) is 0 Å². The van der Waals surface area contributed by atoms with Crippen molar-refractivity contribution in [3.05, 3.63) is 208 Å². The van der Waals surface area contributed by atoms with Crippen molar-refractivity contribution in [2.24, 2.45) is 46.6 Å². The van der Waals surface area contributed by atoms with Crippen molar-refractivity contribution in [1.82, 2.24) is 59.6 Å². The molecule has 1 aliphatic carbocycles. The molecule has 3 aliphatic heterocycles. The molecule has 23 nitrogen and oxygen atoms in total. The molecule has 103 heavy (non-hydrogen) atoms. The van der Waals surface area contributed by atoms with Crippen LogP contribution in [-0.4, -0.2) is 147 Å². The van der Waals surface area contributed by atoms with Crippen molar-refractivity contribution >= 4 is 67.5 Å². The quantitative estimate of drug-likeness (QED) is 0.0730. The Morgan fingerprint density at radius 2 is 1.21 bits per heavy atom. The number of nitrogens with two attached hydrogens (primary N) is 2. The van der Waals surface area contributed by atoms with E-state index in [-0.39, 0.29) is 11.8 Å². The number of sulfone groups is 1. The van der Waals surface area contributed by atoms with Gasteiger partial charge in [-0.1, -0.05) is 65.8 Å². The summed E-state index contributed by atoms with van der Waals surface area (Å²) in [6.07, 6.45) is 26.7. The van der Waals surface area contributed by atoms with Gasteiger partial charge in [-0.05, 0) is 192 Å². The van der Waals surface area contributed by atoms with Crippen LogP contribution in [0.1, 0.15) is 151 Å². The van der Waals surface area contributed by atoms with E-state index < -0.39 is 20.6 Å². The number of methoxy groups -OCH3 is 1. The summed E-state index contributed by atoms with van der Waals surface area (Å²) < 4.78 is 41.7. The van der Waals surface area contributed by atoms with E-state index in [0.717, 1.165) is 87.3 Å². The van der Waals surface area contributed by atoms with E-state index in [1.807, 2.05) is 166 Å². The molecule has 12 rings (SSSR count). The van der Waals surface area contributed by atoms with Crippen LogP contribution in [0, 0.1) is 66.2 Å². The van der Waals surface area contributed by atoms with Gasteiger partial charge >= 0.3 is 0 Å². The second-order valence-electron chi connectivity index (χ2n) is 23.2. The third kappa shape index (κ3) is 62.4. The molecule has 0 spiro atoms.